The Kier molecular flexibility index (Phi) is 3.78. The normalized spacial score (nSPS) is 18.9. The van der Waals surface area contributed by atoms with Crippen molar-refractivity contribution in [3.63, 3.8) is 0 Å². The zero-order chi connectivity index (χ0) is 12.3. The van der Waals surface area contributed by atoms with E-state index in [-0.39, 0.29) is 12.1 Å². The standard InChI is InChI=1S/C12H20N4O/c1-14(2)12(17)11(16-9-6-13-10-16)15-7-4-3-5-8-15/h6,9-11H,3-5,7-8H2,1-2H3. The molecule has 94 valence electrons. The first kappa shape index (κ1) is 12.1. The molecule has 2 rings (SSSR count). The summed E-state index contributed by atoms with van der Waals surface area (Å²) in [6.45, 7) is 1.98. The van der Waals surface area contributed by atoms with E-state index in [4.69, 9.17) is 0 Å². The van der Waals surface area contributed by atoms with Gasteiger partial charge >= 0.3 is 0 Å². The summed E-state index contributed by atoms with van der Waals surface area (Å²) in [5.74, 6) is 0.116. The molecule has 0 saturated carbocycles. The molecule has 1 amide bonds. The van der Waals surface area contributed by atoms with E-state index in [1.54, 1.807) is 31.5 Å². The van der Waals surface area contributed by atoms with Gasteiger partial charge in [-0.25, -0.2) is 4.98 Å². The van der Waals surface area contributed by atoms with Gasteiger partial charge in [-0.05, 0) is 12.8 Å². The molecule has 0 spiro atoms. The predicted molar refractivity (Wildman–Crippen MR) is 65.4 cm³/mol. The maximum atomic E-state index is 12.3. The lowest BCUT2D eigenvalue weighted by Gasteiger charge is -2.35. The number of imidazole rings is 1. The largest absolute Gasteiger partial charge is 0.346 e. The van der Waals surface area contributed by atoms with E-state index in [1.807, 2.05) is 10.8 Å². The molecule has 1 aromatic heterocycles. The number of rotatable bonds is 3. The van der Waals surface area contributed by atoms with Gasteiger partial charge in [0.05, 0.1) is 6.33 Å². The van der Waals surface area contributed by atoms with Crippen LogP contribution in [0.4, 0.5) is 0 Å². The van der Waals surface area contributed by atoms with Crippen molar-refractivity contribution in [3.8, 4) is 0 Å². The minimum atomic E-state index is -0.229. The molecule has 1 aliphatic rings. The van der Waals surface area contributed by atoms with Crippen LogP contribution in [0.15, 0.2) is 18.7 Å². The molecular weight excluding hydrogens is 216 g/mol. The number of aromatic nitrogens is 2. The zero-order valence-electron chi connectivity index (χ0n) is 10.5. The minimum absolute atomic E-state index is 0.116. The molecule has 1 aliphatic heterocycles. The van der Waals surface area contributed by atoms with Crippen LogP contribution in [0.1, 0.15) is 25.4 Å². The summed E-state index contributed by atoms with van der Waals surface area (Å²) >= 11 is 0. The van der Waals surface area contributed by atoms with Gasteiger partial charge in [-0.2, -0.15) is 0 Å². The molecule has 0 aromatic carbocycles. The lowest BCUT2D eigenvalue weighted by molar-refractivity contribution is -0.138. The van der Waals surface area contributed by atoms with Crippen LogP contribution in [0, 0.1) is 0 Å². The number of likely N-dealkylation sites (N-methyl/N-ethyl adjacent to an activating group) is 1. The SMILES string of the molecule is CN(C)C(=O)C(N1CCCCC1)n1ccnc1. The molecule has 17 heavy (non-hydrogen) atoms. The maximum absolute atomic E-state index is 12.3. The Morgan fingerprint density at radius 2 is 2.00 bits per heavy atom. The molecule has 0 bridgehead atoms. The Morgan fingerprint density at radius 3 is 2.53 bits per heavy atom. The predicted octanol–water partition coefficient (Wildman–Crippen LogP) is 0.956. The van der Waals surface area contributed by atoms with Crippen LogP contribution in [-0.4, -0.2) is 52.4 Å². The van der Waals surface area contributed by atoms with E-state index in [1.165, 1.54) is 19.3 Å². The first-order chi connectivity index (χ1) is 8.20. The van der Waals surface area contributed by atoms with Crippen LogP contribution in [0.25, 0.3) is 0 Å². The maximum Gasteiger partial charge on any atom is 0.260 e. The number of amides is 1. The van der Waals surface area contributed by atoms with Gasteiger partial charge in [0, 0.05) is 39.6 Å². The molecule has 1 fully saturated rings. The summed E-state index contributed by atoms with van der Waals surface area (Å²) in [5.41, 5.74) is 0. The van der Waals surface area contributed by atoms with Gasteiger partial charge in [0.15, 0.2) is 6.17 Å². The molecule has 5 heteroatoms. The lowest BCUT2D eigenvalue weighted by atomic mass is 10.1. The van der Waals surface area contributed by atoms with Crippen LogP contribution in [0.3, 0.4) is 0 Å². The topological polar surface area (TPSA) is 41.4 Å². The number of piperidine rings is 1. The lowest BCUT2D eigenvalue weighted by Crippen LogP contribution is -2.45. The van der Waals surface area contributed by atoms with Gasteiger partial charge < -0.3 is 9.47 Å². The van der Waals surface area contributed by atoms with Crippen molar-refractivity contribution in [1.29, 1.82) is 0 Å². The third-order valence-electron chi connectivity index (χ3n) is 3.21. The van der Waals surface area contributed by atoms with Crippen molar-refractivity contribution in [3.05, 3.63) is 18.7 Å². The second-order valence-electron chi connectivity index (χ2n) is 4.71. The molecule has 5 nitrogen and oxygen atoms in total. The van der Waals surface area contributed by atoms with Crippen molar-refractivity contribution < 1.29 is 4.79 Å². The monoisotopic (exact) mass is 236 g/mol. The van der Waals surface area contributed by atoms with E-state index in [0.29, 0.717) is 0 Å². The van der Waals surface area contributed by atoms with Crippen molar-refractivity contribution in [1.82, 2.24) is 19.4 Å². The summed E-state index contributed by atoms with van der Waals surface area (Å²) < 4.78 is 1.90. The van der Waals surface area contributed by atoms with Gasteiger partial charge in [-0.3, -0.25) is 9.69 Å². The van der Waals surface area contributed by atoms with Crippen LogP contribution in [0.2, 0.25) is 0 Å². The van der Waals surface area contributed by atoms with Crippen LogP contribution in [-0.2, 0) is 4.79 Å². The Hall–Kier alpha value is -1.36. The zero-order valence-corrected chi connectivity index (χ0v) is 10.5. The molecule has 0 aliphatic carbocycles. The van der Waals surface area contributed by atoms with Gasteiger partial charge in [-0.15, -0.1) is 0 Å². The van der Waals surface area contributed by atoms with Crippen molar-refractivity contribution in [2.75, 3.05) is 27.2 Å². The smallest absolute Gasteiger partial charge is 0.260 e. The van der Waals surface area contributed by atoms with Crippen LogP contribution < -0.4 is 0 Å². The number of nitrogens with zero attached hydrogens (tertiary/aromatic N) is 4. The average molecular weight is 236 g/mol. The summed E-state index contributed by atoms with van der Waals surface area (Å²) in [4.78, 5) is 20.2. The van der Waals surface area contributed by atoms with Gasteiger partial charge in [-0.1, -0.05) is 6.42 Å². The quantitative estimate of drug-likeness (QED) is 0.785. The second-order valence-corrected chi connectivity index (χ2v) is 4.71. The molecule has 1 atom stereocenters. The third-order valence-corrected chi connectivity index (χ3v) is 3.21. The minimum Gasteiger partial charge on any atom is -0.346 e. The molecule has 2 heterocycles. The van der Waals surface area contributed by atoms with E-state index < -0.39 is 0 Å². The van der Waals surface area contributed by atoms with Crippen LogP contribution in [0.5, 0.6) is 0 Å². The first-order valence-electron chi connectivity index (χ1n) is 6.13. The van der Waals surface area contributed by atoms with Crippen LogP contribution >= 0.6 is 0 Å². The number of hydrogen-bond acceptors (Lipinski definition) is 3. The number of carbonyl (C=O) groups excluding carboxylic acids is 1. The highest BCUT2D eigenvalue weighted by molar-refractivity contribution is 5.79. The third kappa shape index (κ3) is 2.66. The Labute approximate surface area is 102 Å². The summed E-state index contributed by atoms with van der Waals surface area (Å²) in [6, 6.07) is 0. The van der Waals surface area contributed by atoms with E-state index in [0.717, 1.165) is 13.1 Å². The Bertz CT molecular complexity index is 355. The van der Waals surface area contributed by atoms with Gasteiger partial charge in [0.1, 0.15) is 0 Å². The molecule has 0 radical (unpaired) electrons. The highest BCUT2D eigenvalue weighted by Gasteiger charge is 2.29. The van der Waals surface area contributed by atoms with Gasteiger partial charge in [0.2, 0.25) is 0 Å². The van der Waals surface area contributed by atoms with Crippen molar-refractivity contribution in [2.24, 2.45) is 0 Å². The molecule has 1 unspecified atom stereocenters. The summed E-state index contributed by atoms with van der Waals surface area (Å²) in [5, 5.41) is 0. The van der Waals surface area contributed by atoms with E-state index in [9.17, 15) is 4.79 Å². The van der Waals surface area contributed by atoms with Crippen molar-refractivity contribution in [2.45, 2.75) is 25.4 Å². The molecule has 0 N–H and O–H groups in total. The average Bonchev–Trinajstić information content (AvgIpc) is 2.84. The number of carbonyl (C=O) groups is 1. The van der Waals surface area contributed by atoms with Gasteiger partial charge in [0.25, 0.3) is 5.91 Å². The highest BCUT2D eigenvalue weighted by atomic mass is 16.2. The molecule has 1 saturated heterocycles. The van der Waals surface area contributed by atoms with E-state index in [2.05, 4.69) is 9.88 Å². The van der Waals surface area contributed by atoms with Crippen molar-refractivity contribution >= 4 is 5.91 Å². The molecular formula is C12H20N4O. The second kappa shape index (κ2) is 5.31. The number of likely N-dealkylation sites (tertiary alicyclic amines) is 1. The fourth-order valence-corrected chi connectivity index (χ4v) is 2.28. The summed E-state index contributed by atoms with van der Waals surface area (Å²) in [6.07, 6.45) is 8.69. The number of hydrogen-bond donors (Lipinski definition) is 0. The molecule has 1 aromatic rings. The fraction of sp³-hybridized carbons (Fsp3) is 0.667. The van der Waals surface area contributed by atoms with E-state index >= 15 is 0 Å². The first-order valence-corrected chi connectivity index (χ1v) is 6.13. The Balaban J connectivity index is 2.20. The Morgan fingerprint density at radius 1 is 1.29 bits per heavy atom. The summed E-state index contributed by atoms with van der Waals surface area (Å²) in [7, 11) is 3.60. The highest BCUT2D eigenvalue weighted by Crippen LogP contribution is 2.20. The fourth-order valence-electron chi connectivity index (χ4n) is 2.28.